The molecule has 1 aliphatic heterocycles. The van der Waals surface area contributed by atoms with Crippen LogP contribution in [0.4, 0.5) is 0 Å². The van der Waals surface area contributed by atoms with Crippen molar-refractivity contribution >= 4 is 15.9 Å². The van der Waals surface area contributed by atoms with Gasteiger partial charge in [0.1, 0.15) is 30.5 Å². The smallest absolute Gasteiger partial charge is 0.220 e. The normalized spacial score (nSPS) is 20.9. The van der Waals surface area contributed by atoms with Crippen LogP contribution in [0.15, 0.2) is 0 Å². The molecule has 62 heavy (non-hydrogen) atoms. The minimum Gasteiger partial charge on any atom is -0.394 e. The average Bonchev–Trinajstić information content (AvgIpc) is 3.25. The highest BCUT2D eigenvalue weighted by atomic mass is 32.2. The standard InChI is InChI=1S/C48H96N2O11S/c1-3-5-7-9-11-13-15-16-18-22-26-30-34-41(52)44(54)40(39-60-48-47(57)46(56)45(55)42(38-51)61-48)50-43(53)35-31-27-23-19-17-20-24-28-32-36-49-62(58,59)37-33-29-25-21-14-12-10-8-6-4-2/h40-42,44-49,51-52,54-57H,3-39H2,1-2H3,(H,50,53)/t40-,41+,42+,44-,45-,46-,47+,48-/m0/s1. The van der Waals surface area contributed by atoms with E-state index in [2.05, 4.69) is 23.9 Å². The van der Waals surface area contributed by atoms with Crippen LogP contribution in [0, 0.1) is 0 Å². The van der Waals surface area contributed by atoms with Gasteiger partial charge in [-0.05, 0) is 25.7 Å². The number of carbonyl (C=O) groups excluding carboxylic acids is 1. The van der Waals surface area contributed by atoms with Gasteiger partial charge in [-0.15, -0.1) is 0 Å². The Morgan fingerprint density at radius 1 is 0.597 bits per heavy atom. The molecule has 8 atom stereocenters. The van der Waals surface area contributed by atoms with E-state index in [1.807, 2.05) is 0 Å². The van der Waals surface area contributed by atoms with Crippen LogP contribution < -0.4 is 10.0 Å². The number of unbranched alkanes of at least 4 members (excludes halogenated alkanes) is 28. The summed E-state index contributed by atoms with van der Waals surface area (Å²) >= 11 is 0. The number of rotatable bonds is 44. The van der Waals surface area contributed by atoms with Gasteiger partial charge in [0.15, 0.2) is 6.29 Å². The molecule has 0 unspecified atom stereocenters. The molecule has 0 aliphatic carbocycles. The number of aliphatic hydroxyl groups excluding tert-OH is 6. The third-order valence-corrected chi connectivity index (χ3v) is 13.9. The second-order valence-electron chi connectivity index (χ2n) is 18.3. The SMILES string of the molecule is CCCCCCCCCCCCCC[C@@H](O)[C@@H](O)[C@H](CO[C@H]1O[C@H](CO)[C@H](O)[C@H](O)[C@H]1O)NC(=O)CCCCCCCCCCCNS(=O)(=O)CCCCCCCCCCCC. The molecule has 0 saturated carbocycles. The molecular formula is C48H96N2O11S. The second kappa shape index (κ2) is 39.2. The maximum atomic E-state index is 13.0. The molecule has 0 radical (unpaired) electrons. The first kappa shape index (κ1) is 59.1. The predicted octanol–water partition coefficient (Wildman–Crippen LogP) is 7.84. The lowest BCUT2D eigenvalue weighted by Crippen LogP contribution is -2.60. The van der Waals surface area contributed by atoms with Gasteiger partial charge < -0.3 is 45.4 Å². The summed E-state index contributed by atoms with van der Waals surface area (Å²) in [6.45, 7) is 4.01. The van der Waals surface area contributed by atoms with Crippen molar-refractivity contribution in [3.05, 3.63) is 0 Å². The summed E-state index contributed by atoms with van der Waals surface area (Å²) in [6, 6.07) is -1.03. The topological polar surface area (TPSA) is 215 Å². The Bertz CT molecular complexity index is 1130. The van der Waals surface area contributed by atoms with Crippen molar-refractivity contribution in [3.8, 4) is 0 Å². The molecule has 1 aliphatic rings. The van der Waals surface area contributed by atoms with Crippen LogP contribution in [-0.4, -0.2) is 119 Å². The first-order valence-corrected chi connectivity index (χ1v) is 27.2. The molecule has 0 aromatic heterocycles. The molecule has 1 heterocycles. The van der Waals surface area contributed by atoms with Crippen molar-refractivity contribution in [3.63, 3.8) is 0 Å². The number of hydrogen-bond acceptors (Lipinski definition) is 11. The number of nitrogens with one attached hydrogen (secondary N) is 2. The van der Waals surface area contributed by atoms with Crippen LogP contribution >= 0.6 is 0 Å². The van der Waals surface area contributed by atoms with E-state index in [1.54, 1.807) is 0 Å². The molecule has 0 aromatic carbocycles. The van der Waals surface area contributed by atoms with E-state index < -0.39 is 65.6 Å². The van der Waals surface area contributed by atoms with Gasteiger partial charge in [-0.2, -0.15) is 0 Å². The lowest BCUT2D eigenvalue weighted by Gasteiger charge is -2.40. The molecule has 0 aromatic rings. The number of amides is 1. The number of ether oxygens (including phenoxy) is 2. The second-order valence-corrected chi connectivity index (χ2v) is 20.2. The lowest BCUT2D eigenvalue weighted by atomic mass is 9.98. The number of sulfonamides is 1. The van der Waals surface area contributed by atoms with Crippen LogP contribution in [0.25, 0.3) is 0 Å². The summed E-state index contributed by atoms with van der Waals surface area (Å²) in [5, 5.41) is 65.2. The first-order valence-electron chi connectivity index (χ1n) is 25.5. The van der Waals surface area contributed by atoms with E-state index in [-0.39, 0.29) is 24.7 Å². The highest BCUT2D eigenvalue weighted by Gasteiger charge is 2.44. The number of carbonyl (C=O) groups is 1. The molecule has 1 fully saturated rings. The summed E-state index contributed by atoms with van der Waals surface area (Å²) in [5.74, 6) is -0.0841. The third-order valence-electron chi connectivity index (χ3n) is 12.5. The highest BCUT2D eigenvalue weighted by Crippen LogP contribution is 2.23. The summed E-state index contributed by atoms with van der Waals surface area (Å²) in [7, 11) is -3.19. The molecule has 8 N–H and O–H groups in total. The molecule has 370 valence electrons. The maximum Gasteiger partial charge on any atom is 0.220 e. The largest absolute Gasteiger partial charge is 0.394 e. The van der Waals surface area contributed by atoms with Crippen LogP contribution in [0.1, 0.15) is 226 Å². The Morgan fingerprint density at radius 3 is 1.52 bits per heavy atom. The van der Waals surface area contributed by atoms with Crippen molar-refractivity contribution in [2.45, 2.75) is 275 Å². The van der Waals surface area contributed by atoms with E-state index in [0.717, 1.165) is 96.3 Å². The summed E-state index contributed by atoms with van der Waals surface area (Å²) in [5.41, 5.74) is 0. The Kier molecular flexibility index (Phi) is 37.4. The van der Waals surface area contributed by atoms with Crippen LogP contribution in [0.5, 0.6) is 0 Å². The molecule has 0 spiro atoms. The molecule has 1 saturated heterocycles. The molecular weight excluding hydrogens is 813 g/mol. The van der Waals surface area contributed by atoms with E-state index in [1.165, 1.54) is 96.3 Å². The van der Waals surface area contributed by atoms with Gasteiger partial charge >= 0.3 is 0 Å². The predicted molar refractivity (Wildman–Crippen MR) is 249 cm³/mol. The van der Waals surface area contributed by atoms with Crippen molar-refractivity contribution < 1.29 is 53.3 Å². The van der Waals surface area contributed by atoms with Crippen molar-refractivity contribution in [1.29, 1.82) is 0 Å². The van der Waals surface area contributed by atoms with Gasteiger partial charge in [0.05, 0.1) is 31.1 Å². The zero-order valence-corrected chi connectivity index (χ0v) is 40.2. The van der Waals surface area contributed by atoms with Crippen LogP contribution in [-0.2, 0) is 24.3 Å². The highest BCUT2D eigenvalue weighted by molar-refractivity contribution is 7.89. The zero-order valence-electron chi connectivity index (χ0n) is 39.4. The lowest BCUT2D eigenvalue weighted by molar-refractivity contribution is -0.303. The van der Waals surface area contributed by atoms with Gasteiger partial charge in [0.2, 0.25) is 15.9 Å². The van der Waals surface area contributed by atoms with E-state index in [0.29, 0.717) is 19.4 Å². The third kappa shape index (κ3) is 30.3. The zero-order chi connectivity index (χ0) is 45.7. The van der Waals surface area contributed by atoms with E-state index >= 15 is 0 Å². The minimum absolute atomic E-state index is 0.219. The molecule has 0 bridgehead atoms. The van der Waals surface area contributed by atoms with Gasteiger partial charge in [-0.25, -0.2) is 13.1 Å². The summed E-state index contributed by atoms with van der Waals surface area (Å²) in [4.78, 5) is 13.0. The Labute approximate surface area is 378 Å². The minimum atomic E-state index is -3.19. The average molecular weight is 909 g/mol. The molecule has 14 heteroatoms. The molecule has 13 nitrogen and oxygen atoms in total. The van der Waals surface area contributed by atoms with Gasteiger partial charge in [0.25, 0.3) is 0 Å². The summed E-state index contributed by atoms with van der Waals surface area (Å²) in [6.07, 6.45) is 25.3. The number of hydrogen-bond donors (Lipinski definition) is 8. The van der Waals surface area contributed by atoms with Crippen molar-refractivity contribution in [1.82, 2.24) is 10.0 Å². The van der Waals surface area contributed by atoms with Gasteiger partial charge in [0, 0.05) is 13.0 Å². The first-order chi connectivity index (χ1) is 30.0. The fourth-order valence-corrected chi connectivity index (χ4v) is 9.45. The van der Waals surface area contributed by atoms with E-state index in [9.17, 15) is 43.9 Å². The molecule has 1 amide bonds. The van der Waals surface area contributed by atoms with E-state index in [4.69, 9.17) is 9.47 Å². The quantitative estimate of drug-likeness (QED) is 0.0276. The Balaban J connectivity index is 2.32. The fourth-order valence-electron chi connectivity index (χ4n) is 8.27. The Morgan fingerprint density at radius 2 is 1.03 bits per heavy atom. The molecule has 1 rings (SSSR count). The summed E-state index contributed by atoms with van der Waals surface area (Å²) < 4.78 is 38.6. The van der Waals surface area contributed by atoms with Crippen molar-refractivity contribution in [2.24, 2.45) is 0 Å². The monoisotopic (exact) mass is 909 g/mol. The fraction of sp³-hybridized carbons (Fsp3) is 0.979. The number of aliphatic hydroxyl groups is 6. The van der Waals surface area contributed by atoms with Crippen LogP contribution in [0.2, 0.25) is 0 Å². The van der Waals surface area contributed by atoms with Crippen molar-refractivity contribution in [2.75, 3.05) is 25.5 Å². The Hall–Kier alpha value is -0.940. The van der Waals surface area contributed by atoms with Gasteiger partial charge in [-0.3, -0.25) is 4.79 Å². The van der Waals surface area contributed by atoms with Gasteiger partial charge in [-0.1, -0.05) is 194 Å². The van der Waals surface area contributed by atoms with Crippen LogP contribution in [0.3, 0.4) is 0 Å². The maximum absolute atomic E-state index is 13.0.